The fourth-order valence-corrected chi connectivity index (χ4v) is 3.69. The number of thiazole rings is 1. The summed E-state index contributed by atoms with van der Waals surface area (Å²) in [4.78, 5) is 28.4. The fourth-order valence-electron chi connectivity index (χ4n) is 2.83. The number of alkyl halides is 3. The van der Waals surface area contributed by atoms with Crippen LogP contribution in [-0.2, 0) is 22.2 Å². The zero-order chi connectivity index (χ0) is 22.4. The quantitative estimate of drug-likeness (QED) is 0.552. The Bertz CT molecular complexity index is 1030. The van der Waals surface area contributed by atoms with Gasteiger partial charge in [0.05, 0.1) is 17.3 Å². The molecule has 0 radical (unpaired) electrons. The molecule has 162 valence electrons. The van der Waals surface area contributed by atoms with E-state index in [2.05, 4.69) is 15.6 Å². The van der Waals surface area contributed by atoms with E-state index < -0.39 is 23.6 Å². The maximum absolute atomic E-state index is 12.7. The second-order valence-electron chi connectivity index (χ2n) is 6.83. The summed E-state index contributed by atoms with van der Waals surface area (Å²) in [6, 6.07) is 13.8. The molecule has 2 amide bonds. The van der Waals surface area contributed by atoms with E-state index in [4.69, 9.17) is 0 Å². The first-order valence-corrected chi connectivity index (χ1v) is 10.4. The van der Waals surface area contributed by atoms with Crippen molar-refractivity contribution in [1.82, 2.24) is 15.6 Å². The number of carbonyl (C=O) groups is 2. The summed E-state index contributed by atoms with van der Waals surface area (Å²) >= 11 is 1.30. The Labute approximate surface area is 181 Å². The van der Waals surface area contributed by atoms with Crippen LogP contribution in [0.25, 0.3) is 10.6 Å². The van der Waals surface area contributed by atoms with Gasteiger partial charge in [0.2, 0.25) is 0 Å². The molecule has 1 heterocycles. The van der Waals surface area contributed by atoms with E-state index in [0.717, 1.165) is 17.7 Å². The van der Waals surface area contributed by atoms with Gasteiger partial charge in [0.25, 0.3) is 0 Å². The lowest BCUT2D eigenvalue weighted by molar-refractivity contribution is -0.139. The molecule has 5 nitrogen and oxygen atoms in total. The average molecular weight is 447 g/mol. The topological polar surface area (TPSA) is 71.1 Å². The van der Waals surface area contributed by atoms with Gasteiger partial charge in [-0.3, -0.25) is 9.59 Å². The van der Waals surface area contributed by atoms with Crippen molar-refractivity contribution < 1.29 is 22.8 Å². The summed E-state index contributed by atoms with van der Waals surface area (Å²) in [6.07, 6.45) is -3.99. The average Bonchev–Trinajstić information content (AvgIpc) is 3.22. The molecule has 1 aromatic heterocycles. The van der Waals surface area contributed by atoms with E-state index in [9.17, 15) is 22.8 Å². The van der Waals surface area contributed by atoms with Gasteiger partial charge in [0.15, 0.2) is 0 Å². The first-order chi connectivity index (χ1) is 14.7. The molecular formula is C22H20F3N3O2S. The fraction of sp³-hybridized carbons (Fsp3) is 0.227. The van der Waals surface area contributed by atoms with Gasteiger partial charge in [-0.15, -0.1) is 11.3 Å². The summed E-state index contributed by atoms with van der Waals surface area (Å²) in [5.41, 5.74) is 1.44. The highest BCUT2D eigenvalue weighted by Crippen LogP contribution is 2.31. The summed E-state index contributed by atoms with van der Waals surface area (Å²) < 4.78 is 38.0. The Balaban J connectivity index is 1.48. The molecule has 0 aliphatic heterocycles. The van der Waals surface area contributed by atoms with Gasteiger partial charge >= 0.3 is 18.0 Å². The van der Waals surface area contributed by atoms with E-state index in [1.807, 2.05) is 30.3 Å². The number of rotatable bonds is 6. The van der Waals surface area contributed by atoms with Crippen molar-refractivity contribution >= 4 is 23.2 Å². The molecule has 0 fully saturated rings. The number of nitrogens with zero attached hydrogens (tertiary/aromatic N) is 1. The first-order valence-electron chi connectivity index (χ1n) is 9.49. The lowest BCUT2D eigenvalue weighted by Crippen LogP contribution is -2.41. The molecule has 0 spiro atoms. The van der Waals surface area contributed by atoms with Crippen LogP contribution < -0.4 is 10.6 Å². The second-order valence-corrected chi connectivity index (χ2v) is 7.69. The van der Waals surface area contributed by atoms with Crippen molar-refractivity contribution in [2.45, 2.75) is 25.6 Å². The standard InChI is InChI=1S/C22H20F3N3O2S/c1-14(15-5-3-2-4-6-15)27-20(30)19(29)26-12-11-18-13-31-21(28-18)16-7-9-17(10-8-16)22(23,24)25/h2-10,13-14H,11-12H2,1H3,(H,26,29)(H,27,30)/t14-/m0/s1. The maximum atomic E-state index is 12.7. The summed E-state index contributed by atoms with van der Waals surface area (Å²) in [5, 5.41) is 7.55. The zero-order valence-electron chi connectivity index (χ0n) is 16.6. The highest BCUT2D eigenvalue weighted by molar-refractivity contribution is 7.13. The van der Waals surface area contributed by atoms with Crippen molar-refractivity contribution in [1.29, 1.82) is 0 Å². The van der Waals surface area contributed by atoms with E-state index >= 15 is 0 Å². The molecule has 9 heteroatoms. The Morgan fingerprint density at radius 2 is 1.71 bits per heavy atom. The second kappa shape index (κ2) is 9.74. The van der Waals surface area contributed by atoms with Gasteiger partial charge in [-0.05, 0) is 24.6 Å². The van der Waals surface area contributed by atoms with E-state index in [1.165, 1.54) is 23.5 Å². The Kier molecular flexibility index (Phi) is 7.06. The SMILES string of the molecule is C[C@H](NC(=O)C(=O)NCCc1csc(-c2ccc(C(F)(F)F)cc2)n1)c1ccccc1. The first kappa shape index (κ1) is 22.5. The van der Waals surface area contributed by atoms with Crippen LogP contribution in [0.5, 0.6) is 0 Å². The van der Waals surface area contributed by atoms with Crippen molar-refractivity contribution in [2.75, 3.05) is 6.54 Å². The molecule has 0 aliphatic rings. The number of halogens is 3. The number of nitrogens with one attached hydrogen (secondary N) is 2. The van der Waals surface area contributed by atoms with Gasteiger partial charge in [-0.25, -0.2) is 4.98 Å². The van der Waals surface area contributed by atoms with E-state index in [1.54, 1.807) is 12.3 Å². The van der Waals surface area contributed by atoms with Gasteiger partial charge in [-0.1, -0.05) is 42.5 Å². The third kappa shape index (κ3) is 6.14. The largest absolute Gasteiger partial charge is 0.416 e. The predicted octanol–water partition coefficient (Wildman–Crippen LogP) is 4.37. The minimum atomic E-state index is -4.38. The van der Waals surface area contributed by atoms with Crippen molar-refractivity contribution in [3.8, 4) is 10.6 Å². The van der Waals surface area contributed by atoms with Crippen molar-refractivity contribution in [3.05, 3.63) is 76.8 Å². The third-order valence-electron chi connectivity index (χ3n) is 4.53. The summed E-state index contributed by atoms with van der Waals surface area (Å²) in [6.45, 7) is 2.00. The maximum Gasteiger partial charge on any atom is 0.416 e. The van der Waals surface area contributed by atoms with Gasteiger partial charge in [0.1, 0.15) is 5.01 Å². The van der Waals surface area contributed by atoms with Crippen LogP contribution >= 0.6 is 11.3 Å². The summed E-state index contributed by atoms with van der Waals surface area (Å²) in [5.74, 6) is -1.46. The molecule has 0 unspecified atom stereocenters. The van der Waals surface area contributed by atoms with Gasteiger partial charge < -0.3 is 10.6 Å². The highest BCUT2D eigenvalue weighted by atomic mass is 32.1. The van der Waals surface area contributed by atoms with E-state index in [-0.39, 0.29) is 12.6 Å². The number of aromatic nitrogens is 1. The lowest BCUT2D eigenvalue weighted by Gasteiger charge is -2.13. The minimum Gasteiger partial charge on any atom is -0.347 e. The summed E-state index contributed by atoms with van der Waals surface area (Å²) in [7, 11) is 0. The molecule has 0 saturated carbocycles. The molecule has 1 atom stereocenters. The monoisotopic (exact) mass is 447 g/mol. The molecule has 2 aromatic carbocycles. The number of hydrogen-bond acceptors (Lipinski definition) is 4. The smallest absolute Gasteiger partial charge is 0.347 e. The number of carbonyl (C=O) groups excluding carboxylic acids is 2. The molecule has 0 aliphatic carbocycles. The minimum absolute atomic E-state index is 0.210. The van der Waals surface area contributed by atoms with E-state index in [0.29, 0.717) is 22.7 Å². The Hall–Kier alpha value is -3.20. The molecule has 0 saturated heterocycles. The molecule has 3 rings (SSSR count). The molecular weight excluding hydrogens is 427 g/mol. The van der Waals surface area contributed by atoms with Crippen LogP contribution in [0.2, 0.25) is 0 Å². The molecule has 3 aromatic rings. The molecule has 2 N–H and O–H groups in total. The van der Waals surface area contributed by atoms with Crippen LogP contribution in [0, 0.1) is 0 Å². The van der Waals surface area contributed by atoms with Gasteiger partial charge in [-0.2, -0.15) is 13.2 Å². The van der Waals surface area contributed by atoms with Crippen LogP contribution in [-0.4, -0.2) is 23.3 Å². The van der Waals surface area contributed by atoms with Gasteiger partial charge in [0, 0.05) is 23.9 Å². The van der Waals surface area contributed by atoms with Crippen LogP contribution in [0.4, 0.5) is 13.2 Å². The third-order valence-corrected chi connectivity index (χ3v) is 5.47. The van der Waals surface area contributed by atoms with Crippen LogP contribution in [0.3, 0.4) is 0 Å². The normalized spacial score (nSPS) is 12.3. The Morgan fingerprint density at radius 1 is 1.03 bits per heavy atom. The predicted molar refractivity (Wildman–Crippen MR) is 112 cm³/mol. The Morgan fingerprint density at radius 3 is 2.35 bits per heavy atom. The van der Waals surface area contributed by atoms with Crippen LogP contribution in [0.1, 0.15) is 29.8 Å². The number of hydrogen-bond donors (Lipinski definition) is 2. The van der Waals surface area contributed by atoms with Crippen molar-refractivity contribution in [3.63, 3.8) is 0 Å². The highest BCUT2D eigenvalue weighted by Gasteiger charge is 2.30. The lowest BCUT2D eigenvalue weighted by atomic mass is 10.1. The van der Waals surface area contributed by atoms with Crippen molar-refractivity contribution in [2.24, 2.45) is 0 Å². The number of benzene rings is 2. The molecule has 31 heavy (non-hydrogen) atoms. The molecule has 0 bridgehead atoms. The zero-order valence-corrected chi connectivity index (χ0v) is 17.4. The van der Waals surface area contributed by atoms with Crippen LogP contribution in [0.15, 0.2) is 60.0 Å². The number of amides is 2.